The molecule has 0 fully saturated rings. The molecule has 3 heteroatoms. The SMILES string of the molecule is CCc1cc(CO)cc(OC(C)C)n1. The summed E-state index contributed by atoms with van der Waals surface area (Å²) in [7, 11) is 0. The Bertz CT molecular complexity index is 275. The maximum atomic E-state index is 9.03. The summed E-state index contributed by atoms with van der Waals surface area (Å²) in [5, 5.41) is 9.03. The number of rotatable bonds is 4. The van der Waals surface area contributed by atoms with Gasteiger partial charge in [0.05, 0.1) is 12.7 Å². The topological polar surface area (TPSA) is 42.4 Å². The predicted molar refractivity (Wildman–Crippen MR) is 55.3 cm³/mol. The molecule has 0 aromatic carbocycles. The maximum absolute atomic E-state index is 9.03. The van der Waals surface area contributed by atoms with Gasteiger partial charge in [-0.1, -0.05) is 6.92 Å². The van der Waals surface area contributed by atoms with Gasteiger partial charge in [-0.05, 0) is 31.9 Å². The van der Waals surface area contributed by atoms with Gasteiger partial charge >= 0.3 is 0 Å². The maximum Gasteiger partial charge on any atom is 0.214 e. The van der Waals surface area contributed by atoms with Crippen molar-refractivity contribution in [1.82, 2.24) is 4.98 Å². The first-order valence-corrected chi connectivity index (χ1v) is 4.93. The summed E-state index contributed by atoms with van der Waals surface area (Å²) in [4.78, 5) is 4.31. The second kappa shape index (κ2) is 4.96. The summed E-state index contributed by atoms with van der Waals surface area (Å²) in [5.41, 5.74) is 1.81. The van der Waals surface area contributed by atoms with E-state index in [-0.39, 0.29) is 12.7 Å². The zero-order valence-electron chi connectivity index (χ0n) is 8.95. The zero-order valence-corrected chi connectivity index (χ0v) is 8.95. The Kier molecular flexibility index (Phi) is 3.89. The number of aromatic nitrogens is 1. The van der Waals surface area contributed by atoms with Gasteiger partial charge in [0.15, 0.2) is 0 Å². The van der Waals surface area contributed by atoms with Crippen molar-refractivity contribution in [2.24, 2.45) is 0 Å². The molecule has 1 N–H and O–H groups in total. The quantitative estimate of drug-likeness (QED) is 0.798. The Labute approximate surface area is 84.7 Å². The van der Waals surface area contributed by atoms with Crippen molar-refractivity contribution in [3.63, 3.8) is 0 Å². The lowest BCUT2D eigenvalue weighted by atomic mass is 10.2. The summed E-state index contributed by atoms with van der Waals surface area (Å²) in [6.45, 7) is 5.98. The standard InChI is InChI=1S/C11H17NO2/c1-4-10-5-9(7-13)6-11(12-10)14-8(2)3/h5-6,8,13H,4,7H2,1-3H3. The Morgan fingerprint density at radius 3 is 2.64 bits per heavy atom. The molecule has 1 aromatic rings. The number of hydrogen-bond donors (Lipinski definition) is 1. The molecule has 0 unspecified atom stereocenters. The molecule has 3 nitrogen and oxygen atoms in total. The first-order chi connectivity index (χ1) is 6.65. The van der Waals surface area contributed by atoms with Crippen LogP contribution < -0.4 is 4.74 Å². The first-order valence-electron chi connectivity index (χ1n) is 4.93. The third-order valence-corrected chi connectivity index (χ3v) is 1.82. The van der Waals surface area contributed by atoms with Crippen molar-refractivity contribution in [3.05, 3.63) is 23.4 Å². The van der Waals surface area contributed by atoms with Crippen molar-refractivity contribution in [2.75, 3.05) is 0 Å². The Balaban J connectivity index is 2.92. The van der Waals surface area contributed by atoms with E-state index in [1.165, 1.54) is 0 Å². The highest BCUT2D eigenvalue weighted by molar-refractivity contribution is 5.24. The Morgan fingerprint density at radius 1 is 1.43 bits per heavy atom. The number of hydrogen-bond acceptors (Lipinski definition) is 3. The molecule has 14 heavy (non-hydrogen) atoms. The van der Waals surface area contributed by atoms with Crippen LogP contribution in [0.3, 0.4) is 0 Å². The van der Waals surface area contributed by atoms with Crippen LogP contribution in [0.2, 0.25) is 0 Å². The van der Waals surface area contributed by atoms with Crippen LogP contribution in [0.4, 0.5) is 0 Å². The number of ether oxygens (including phenoxy) is 1. The van der Waals surface area contributed by atoms with Crippen molar-refractivity contribution >= 4 is 0 Å². The predicted octanol–water partition coefficient (Wildman–Crippen LogP) is 1.92. The van der Waals surface area contributed by atoms with Gasteiger partial charge in [-0.2, -0.15) is 0 Å². The lowest BCUT2D eigenvalue weighted by Gasteiger charge is -2.10. The molecule has 0 aliphatic rings. The third-order valence-electron chi connectivity index (χ3n) is 1.82. The molecule has 78 valence electrons. The monoisotopic (exact) mass is 195 g/mol. The fourth-order valence-corrected chi connectivity index (χ4v) is 1.19. The Hall–Kier alpha value is -1.09. The summed E-state index contributed by atoms with van der Waals surface area (Å²) in [5.74, 6) is 0.600. The smallest absolute Gasteiger partial charge is 0.214 e. The van der Waals surface area contributed by atoms with E-state index in [1.807, 2.05) is 26.8 Å². The number of aliphatic hydroxyl groups is 1. The van der Waals surface area contributed by atoms with E-state index in [0.717, 1.165) is 17.7 Å². The molecule has 0 atom stereocenters. The summed E-state index contributed by atoms with van der Waals surface area (Å²) in [6, 6.07) is 3.67. The van der Waals surface area contributed by atoms with E-state index >= 15 is 0 Å². The summed E-state index contributed by atoms with van der Waals surface area (Å²) < 4.78 is 5.48. The van der Waals surface area contributed by atoms with Crippen molar-refractivity contribution in [3.8, 4) is 5.88 Å². The molecular weight excluding hydrogens is 178 g/mol. The lowest BCUT2D eigenvalue weighted by molar-refractivity contribution is 0.230. The molecule has 1 rings (SSSR count). The molecule has 0 radical (unpaired) electrons. The van der Waals surface area contributed by atoms with Gasteiger partial charge in [-0.25, -0.2) is 4.98 Å². The number of aliphatic hydroxyl groups excluding tert-OH is 1. The van der Waals surface area contributed by atoms with Crippen LogP contribution in [0.1, 0.15) is 32.0 Å². The Morgan fingerprint density at radius 2 is 2.14 bits per heavy atom. The molecule has 0 saturated carbocycles. The van der Waals surface area contributed by atoms with E-state index < -0.39 is 0 Å². The van der Waals surface area contributed by atoms with Gasteiger partial charge in [-0.15, -0.1) is 0 Å². The van der Waals surface area contributed by atoms with Crippen molar-refractivity contribution < 1.29 is 9.84 Å². The second-order valence-electron chi connectivity index (χ2n) is 3.48. The van der Waals surface area contributed by atoms with Gasteiger partial charge in [0.25, 0.3) is 0 Å². The fourth-order valence-electron chi connectivity index (χ4n) is 1.19. The van der Waals surface area contributed by atoms with Gasteiger partial charge in [-0.3, -0.25) is 0 Å². The highest BCUT2D eigenvalue weighted by atomic mass is 16.5. The van der Waals surface area contributed by atoms with Crippen LogP contribution in [0.25, 0.3) is 0 Å². The average Bonchev–Trinajstić information content (AvgIpc) is 2.16. The van der Waals surface area contributed by atoms with Crippen LogP contribution in [0.5, 0.6) is 5.88 Å². The molecule has 1 aromatic heterocycles. The zero-order chi connectivity index (χ0) is 10.6. The van der Waals surface area contributed by atoms with E-state index in [0.29, 0.717) is 5.88 Å². The highest BCUT2D eigenvalue weighted by Gasteiger charge is 2.03. The van der Waals surface area contributed by atoms with Gasteiger partial charge in [0.1, 0.15) is 0 Å². The minimum atomic E-state index is 0.0317. The minimum absolute atomic E-state index is 0.0317. The molecule has 1 heterocycles. The van der Waals surface area contributed by atoms with E-state index in [2.05, 4.69) is 4.98 Å². The third kappa shape index (κ3) is 3.00. The minimum Gasteiger partial charge on any atom is -0.475 e. The van der Waals surface area contributed by atoms with E-state index in [4.69, 9.17) is 9.84 Å². The van der Waals surface area contributed by atoms with Crippen LogP contribution in [0.15, 0.2) is 12.1 Å². The number of aryl methyl sites for hydroxylation is 1. The first kappa shape index (κ1) is 11.0. The molecule has 0 aliphatic carbocycles. The molecular formula is C11H17NO2. The van der Waals surface area contributed by atoms with Crippen LogP contribution in [-0.4, -0.2) is 16.2 Å². The lowest BCUT2D eigenvalue weighted by Crippen LogP contribution is -2.08. The van der Waals surface area contributed by atoms with Crippen LogP contribution in [0, 0.1) is 0 Å². The van der Waals surface area contributed by atoms with Crippen molar-refractivity contribution in [2.45, 2.75) is 39.9 Å². The van der Waals surface area contributed by atoms with E-state index in [1.54, 1.807) is 6.07 Å². The molecule has 0 saturated heterocycles. The van der Waals surface area contributed by atoms with Crippen molar-refractivity contribution in [1.29, 1.82) is 0 Å². The van der Waals surface area contributed by atoms with E-state index in [9.17, 15) is 0 Å². The molecule has 0 amide bonds. The largest absolute Gasteiger partial charge is 0.475 e. The fraction of sp³-hybridized carbons (Fsp3) is 0.545. The van der Waals surface area contributed by atoms with Gasteiger partial charge in [0.2, 0.25) is 5.88 Å². The van der Waals surface area contributed by atoms with Crippen LogP contribution in [-0.2, 0) is 13.0 Å². The summed E-state index contributed by atoms with van der Waals surface area (Å²) in [6.07, 6.45) is 0.962. The summed E-state index contributed by atoms with van der Waals surface area (Å²) >= 11 is 0. The average molecular weight is 195 g/mol. The normalized spacial score (nSPS) is 10.6. The molecule has 0 spiro atoms. The van der Waals surface area contributed by atoms with Gasteiger partial charge < -0.3 is 9.84 Å². The molecule has 0 bridgehead atoms. The van der Waals surface area contributed by atoms with Gasteiger partial charge in [0, 0.05) is 11.8 Å². The highest BCUT2D eigenvalue weighted by Crippen LogP contribution is 2.14. The molecule has 0 aliphatic heterocycles. The number of pyridine rings is 1. The van der Waals surface area contributed by atoms with Crippen LogP contribution >= 0.6 is 0 Å². The number of nitrogens with zero attached hydrogens (tertiary/aromatic N) is 1. The second-order valence-corrected chi connectivity index (χ2v) is 3.48.